The van der Waals surface area contributed by atoms with E-state index in [2.05, 4.69) is 4.72 Å². The molecule has 0 unspecified atom stereocenters. The van der Waals surface area contributed by atoms with Crippen LogP contribution < -0.4 is 14.2 Å². The third-order valence-electron chi connectivity index (χ3n) is 2.97. The van der Waals surface area contributed by atoms with Crippen molar-refractivity contribution in [3.63, 3.8) is 0 Å². The van der Waals surface area contributed by atoms with Crippen LogP contribution in [0.5, 0.6) is 11.5 Å². The van der Waals surface area contributed by atoms with Crippen LogP contribution in [0.2, 0.25) is 0 Å². The lowest BCUT2D eigenvalue weighted by molar-refractivity contribution is -0.384. The van der Waals surface area contributed by atoms with Gasteiger partial charge in [0, 0.05) is 18.2 Å². The molecule has 0 amide bonds. The molecule has 2 rings (SSSR count). The number of hydrogen-bond donors (Lipinski definition) is 1. The van der Waals surface area contributed by atoms with E-state index in [1.165, 1.54) is 50.6 Å². The standard InChI is InChI=1S/C14H14N2O6S/c1-21-12-6-7-14(13(9-12)22-2)23(19,20)15-10-4-3-5-11(8-10)16(17)18/h3-9,15H,1-2H3. The van der Waals surface area contributed by atoms with Crippen molar-refractivity contribution in [1.82, 2.24) is 0 Å². The quantitative estimate of drug-likeness (QED) is 0.640. The van der Waals surface area contributed by atoms with Gasteiger partial charge in [0.05, 0.1) is 24.8 Å². The molecule has 122 valence electrons. The lowest BCUT2D eigenvalue weighted by Crippen LogP contribution is -2.14. The van der Waals surface area contributed by atoms with Gasteiger partial charge in [0.1, 0.15) is 16.4 Å². The first-order valence-corrected chi connectivity index (χ1v) is 7.85. The van der Waals surface area contributed by atoms with Crippen molar-refractivity contribution in [2.45, 2.75) is 4.90 Å². The van der Waals surface area contributed by atoms with Crippen molar-refractivity contribution in [3.05, 3.63) is 52.6 Å². The first-order chi connectivity index (χ1) is 10.9. The number of ether oxygens (including phenoxy) is 2. The van der Waals surface area contributed by atoms with Crippen LogP contribution in [0.1, 0.15) is 0 Å². The van der Waals surface area contributed by atoms with Gasteiger partial charge < -0.3 is 9.47 Å². The Balaban J connectivity index is 2.39. The number of sulfonamides is 1. The third-order valence-corrected chi connectivity index (χ3v) is 4.39. The SMILES string of the molecule is COc1ccc(S(=O)(=O)Nc2cccc([N+](=O)[O-])c2)c(OC)c1. The van der Waals surface area contributed by atoms with Crippen LogP contribution in [-0.2, 0) is 10.0 Å². The molecule has 0 saturated heterocycles. The van der Waals surface area contributed by atoms with Crippen LogP contribution in [0.15, 0.2) is 47.4 Å². The number of rotatable bonds is 6. The first kappa shape index (κ1) is 16.6. The Labute approximate surface area is 132 Å². The van der Waals surface area contributed by atoms with Gasteiger partial charge in [0.15, 0.2) is 0 Å². The highest BCUT2D eigenvalue weighted by Gasteiger charge is 2.21. The van der Waals surface area contributed by atoms with E-state index in [1.807, 2.05) is 0 Å². The Hall–Kier alpha value is -2.81. The van der Waals surface area contributed by atoms with Crippen LogP contribution in [0.4, 0.5) is 11.4 Å². The molecule has 0 fully saturated rings. The lowest BCUT2D eigenvalue weighted by atomic mass is 10.3. The molecule has 23 heavy (non-hydrogen) atoms. The van der Waals surface area contributed by atoms with Crippen molar-refractivity contribution < 1.29 is 22.8 Å². The highest BCUT2D eigenvalue weighted by atomic mass is 32.2. The average Bonchev–Trinajstić information content (AvgIpc) is 2.53. The molecule has 0 heterocycles. The second-order valence-corrected chi connectivity index (χ2v) is 6.08. The summed E-state index contributed by atoms with van der Waals surface area (Å²) >= 11 is 0. The molecule has 0 radical (unpaired) electrons. The zero-order valence-corrected chi connectivity index (χ0v) is 13.2. The normalized spacial score (nSPS) is 10.9. The fraction of sp³-hybridized carbons (Fsp3) is 0.143. The second-order valence-electron chi connectivity index (χ2n) is 4.43. The number of nitrogens with one attached hydrogen (secondary N) is 1. The number of methoxy groups -OCH3 is 2. The summed E-state index contributed by atoms with van der Waals surface area (Å²) in [6.07, 6.45) is 0. The summed E-state index contributed by atoms with van der Waals surface area (Å²) in [5, 5.41) is 10.8. The average molecular weight is 338 g/mol. The van der Waals surface area contributed by atoms with Crippen molar-refractivity contribution >= 4 is 21.4 Å². The molecule has 0 spiro atoms. The zero-order chi connectivity index (χ0) is 17.0. The Morgan fingerprint density at radius 3 is 2.43 bits per heavy atom. The fourth-order valence-electron chi connectivity index (χ4n) is 1.89. The molecule has 0 aliphatic rings. The fourth-order valence-corrected chi connectivity index (χ4v) is 3.09. The molecule has 0 atom stereocenters. The summed E-state index contributed by atoms with van der Waals surface area (Å²) in [6, 6.07) is 9.45. The van der Waals surface area contributed by atoms with Gasteiger partial charge in [-0.2, -0.15) is 0 Å². The van der Waals surface area contributed by atoms with Crippen molar-refractivity contribution in [2.75, 3.05) is 18.9 Å². The van der Waals surface area contributed by atoms with Gasteiger partial charge in [0.2, 0.25) is 0 Å². The number of nitrogens with zero attached hydrogens (tertiary/aromatic N) is 1. The molecule has 8 nitrogen and oxygen atoms in total. The van der Waals surface area contributed by atoms with Crippen LogP contribution >= 0.6 is 0 Å². The maximum atomic E-state index is 12.5. The molecule has 0 aliphatic heterocycles. The topological polar surface area (TPSA) is 108 Å². The number of hydrogen-bond acceptors (Lipinski definition) is 6. The highest BCUT2D eigenvalue weighted by Crippen LogP contribution is 2.30. The van der Waals surface area contributed by atoms with Crippen LogP contribution in [0, 0.1) is 10.1 Å². The van der Waals surface area contributed by atoms with Crippen LogP contribution in [0.25, 0.3) is 0 Å². The van der Waals surface area contributed by atoms with E-state index in [0.29, 0.717) is 5.75 Å². The number of benzene rings is 2. The molecule has 0 aromatic heterocycles. The van der Waals surface area contributed by atoms with Crippen molar-refractivity contribution in [3.8, 4) is 11.5 Å². The van der Waals surface area contributed by atoms with E-state index >= 15 is 0 Å². The molecule has 0 saturated carbocycles. The van der Waals surface area contributed by atoms with E-state index in [4.69, 9.17) is 9.47 Å². The van der Waals surface area contributed by atoms with Gasteiger partial charge in [-0.05, 0) is 18.2 Å². The Morgan fingerprint density at radius 1 is 1.09 bits per heavy atom. The first-order valence-electron chi connectivity index (χ1n) is 6.36. The van der Waals surface area contributed by atoms with Gasteiger partial charge in [-0.1, -0.05) is 6.07 Å². The minimum atomic E-state index is -3.98. The Bertz CT molecular complexity index is 835. The van der Waals surface area contributed by atoms with Gasteiger partial charge >= 0.3 is 0 Å². The van der Waals surface area contributed by atoms with E-state index < -0.39 is 14.9 Å². The van der Waals surface area contributed by atoms with Gasteiger partial charge in [0.25, 0.3) is 15.7 Å². The van der Waals surface area contributed by atoms with Crippen molar-refractivity contribution in [1.29, 1.82) is 0 Å². The molecule has 0 aliphatic carbocycles. The zero-order valence-electron chi connectivity index (χ0n) is 12.3. The maximum Gasteiger partial charge on any atom is 0.271 e. The number of nitro groups is 1. The summed E-state index contributed by atoms with van der Waals surface area (Å²) in [7, 11) is -1.19. The largest absolute Gasteiger partial charge is 0.497 e. The molecule has 2 aromatic carbocycles. The van der Waals surface area contributed by atoms with Gasteiger partial charge in [-0.3, -0.25) is 14.8 Å². The summed E-state index contributed by atoms with van der Waals surface area (Å²) in [5.41, 5.74) is -0.135. The molecule has 2 aromatic rings. The number of nitro benzene ring substituents is 1. The van der Waals surface area contributed by atoms with Crippen LogP contribution in [-0.4, -0.2) is 27.6 Å². The molecular formula is C14H14N2O6S. The molecule has 9 heteroatoms. The predicted molar refractivity (Wildman–Crippen MR) is 83.5 cm³/mol. The molecular weight excluding hydrogens is 324 g/mol. The highest BCUT2D eigenvalue weighted by molar-refractivity contribution is 7.92. The second kappa shape index (κ2) is 6.53. The van der Waals surface area contributed by atoms with E-state index in [0.717, 1.165) is 6.07 Å². The summed E-state index contributed by atoms with van der Waals surface area (Å²) in [6.45, 7) is 0. The van der Waals surface area contributed by atoms with E-state index in [-0.39, 0.29) is 22.0 Å². The Kier molecular flexibility index (Phi) is 4.70. The third kappa shape index (κ3) is 3.69. The van der Waals surface area contributed by atoms with Gasteiger partial charge in [-0.25, -0.2) is 8.42 Å². The molecule has 0 bridgehead atoms. The van der Waals surface area contributed by atoms with Crippen molar-refractivity contribution in [2.24, 2.45) is 0 Å². The monoisotopic (exact) mass is 338 g/mol. The lowest BCUT2D eigenvalue weighted by Gasteiger charge is -2.12. The summed E-state index contributed by atoms with van der Waals surface area (Å²) in [5.74, 6) is 0.540. The van der Waals surface area contributed by atoms with Gasteiger partial charge in [-0.15, -0.1) is 0 Å². The smallest absolute Gasteiger partial charge is 0.271 e. The van der Waals surface area contributed by atoms with E-state index in [9.17, 15) is 18.5 Å². The summed E-state index contributed by atoms with van der Waals surface area (Å²) in [4.78, 5) is 10.0. The molecule has 1 N–H and O–H groups in total. The summed E-state index contributed by atoms with van der Waals surface area (Å²) < 4.78 is 37.3. The minimum absolute atomic E-state index is 0.0806. The maximum absolute atomic E-state index is 12.5. The number of non-ortho nitro benzene ring substituents is 1. The van der Waals surface area contributed by atoms with E-state index in [1.54, 1.807) is 0 Å². The van der Waals surface area contributed by atoms with Crippen LogP contribution in [0.3, 0.4) is 0 Å². The number of anilines is 1. The minimum Gasteiger partial charge on any atom is -0.497 e. The Morgan fingerprint density at radius 2 is 1.83 bits per heavy atom. The predicted octanol–water partition coefficient (Wildman–Crippen LogP) is 2.41.